The summed E-state index contributed by atoms with van der Waals surface area (Å²) in [5.74, 6) is -1.87. The monoisotopic (exact) mass is 453 g/mol. The third kappa shape index (κ3) is 4.60. The number of carboxylic acids is 1. The molecule has 2 aliphatic rings. The smallest absolute Gasteiger partial charge is 0.443 e. The van der Waals surface area contributed by atoms with Crippen LogP contribution >= 0.6 is 11.8 Å². The summed E-state index contributed by atoms with van der Waals surface area (Å²) in [6.45, 7) is -2.96. The van der Waals surface area contributed by atoms with E-state index in [1.807, 2.05) is 0 Å². The molecular formula is C19H26BN2O8S-. The maximum Gasteiger partial charge on any atom is 0.443 e. The summed E-state index contributed by atoms with van der Waals surface area (Å²) >= 11 is 1.02. The summed E-state index contributed by atoms with van der Waals surface area (Å²) in [6.07, 6.45) is 1.43. The maximum absolute atomic E-state index is 12.8. The number of ether oxygens (including phenoxy) is 1. The number of carbonyl (C=O) groups is 3. The molecule has 12 heteroatoms. The minimum absolute atomic E-state index is 0.0461. The zero-order valence-electron chi connectivity index (χ0n) is 17.6. The van der Waals surface area contributed by atoms with Crippen molar-refractivity contribution >= 4 is 36.3 Å². The Kier molecular flexibility index (Phi) is 6.72. The van der Waals surface area contributed by atoms with Crippen LogP contribution < -0.4 is 9.39 Å². The minimum atomic E-state index is -3.43. The van der Waals surface area contributed by atoms with Crippen LogP contribution in [0.3, 0.4) is 0 Å². The second-order valence-electron chi connectivity index (χ2n) is 7.85. The van der Waals surface area contributed by atoms with Crippen molar-refractivity contribution in [2.45, 2.75) is 30.5 Å². The highest BCUT2D eigenvalue weighted by atomic mass is 32.2. The van der Waals surface area contributed by atoms with Crippen LogP contribution in [0.2, 0.25) is 0 Å². The van der Waals surface area contributed by atoms with Gasteiger partial charge in [0.1, 0.15) is 17.4 Å². The van der Waals surface area contributed by atoms with Crippen molar-refractivity contribution in [3.8, 4) is 11.5 Å². The fourth-order valence-corrected chi connectivity index (χ4v) is 5.09. The highest BCUT2D eigenvalue weighted by molar-refractivity contribution is 8.02. The van der Waals surface area contributed by atoms with Crippen LogP contribution in [0.1, 0.15) is 28.8 Å². The first kappa shape index (κ1) is 23.2. The average Bonchev–Trinajstić information content (AvgIpc) is 3.19. The molecule has 0 radical (unpaired) electrons. The number of aromatic carboxylic acids is 1. The van der Waals surface area contributed by atoms with Gasteiger partial charge in [-0.15, -0.1) is 0 Å². The third-order valence-electron chi connectivity index (χ3n) is 5.55. The normalized spacial score (nSPS) is 21.8. The van der Waals surface area contributed by atoms with E-state index in [9.17, 15) is 29.5 Å². The first-order chi connectivity index (χ1) is 14.6. The number of likely N-dealkylation sites (N-methyl/N-ethyl adjacent to an activating group) is 1. The zero-order chi connectivity index (χ0) is 22.9. The van der Waals surface area contributed by atoms with Crippen LogP contribution in [0.4, 0.5) is 0 Å². The Labute approximate surface area is 184 Å². The Bertz CT molecular complexity index is 894. The number of hydrogen-bond acceptors (Lipinski definition) is 8. The van der Waals surface area contributed by atoms with Crippen molar-refractivity contribution in [3.63, 3.8) is 0 Å². The Balaban J connectivity index is 1.74. The zero-order valence-corrected chi connectivity index (χ0v) is 18.4. The van der Waals surface area contributed by atoms with Gasteiger partial charge in [-0.3, -0.25) is 9.59 Å². The first-order valence-electron chi connectivity index (χ1n) is 9.90. The van der Waals surface area contributed by atoms with E-state index in [4.69, 9.17) is 9.39 Å². The molecule has 0 aromatic heterocycles. The van der Waals surface area contributed by atoms with Crippen LogP contribution in [0.15, 0.2) is 12.1 Å². The molecule has 0 bridgehead atoms. The van der Waals surface area contributed by atoms with Crippen molar-refractivity contribution < 1.29 is 38.9 Å². The Hall–Kier alpha value is -2.44. The number of carbonyl (C=O) groups excluding carboxylic acids is 2. The number of hydrogen-bond donors (Lipinski definition) is 3. The Morgan fingerprint density at radius 3 is 2.65 bits per heavy atom. The lowest BCUT2D eigenvalue weighted by molar-refractivity contribution is -0.140. The van der Waals surface area contributed by atoms with Crippen LogP contribution in [0, 0.1) is 0 Å². The molecule has 0 spiro atoms. The number of amides is 2. The second kappa shape index (κ2) is 8.97. The van der Waals surface area contributed by atoms with E-state index in [-0.39, 0.29) is 41.1 Å². The van der Waals surface area contributed by atoms with Crippen LogP contribution in [0.5, 0.6) is 11.5 Å². The predicted molar refractivity (Wildman–Crippen MR) is 114 cm³/mol. The number of benzene rings is 1. The van der Waals surface area contributed by atoms with Crippen LogP contribution in [-0.4, -0.2) is 94.2 Å². The highest BCUT2D eigenvalue weighted by Gasteiger charge is 2.42. The molecule has 2 heterocycles. The lowest BCUT2D eigenvalue weighted by Crippen LogP contribution is -2.57. The molecule has 1 unspecified atom stereocenters. The Morgan fingerprint density at radius 2 is 2.03 bits per heavy atom. The molecule has 2 aliphatic heterocycles. The first-order valence-corrected chi connectivity index (χ1v) is 11.0. The molecule has 0 aliphatic carbocycles. The summed E-state index contributed by atoms with van der Waals surface area (Å²) in [7, 11) is 4.59. The summed E-state index contributed by atoms with van der Waals surface area (Å²) in [5.41, 5.74) is 0.196. The van der Waals surface area contributed by atoms with E-state index in [0.29, 0.717) is 18.5 Å². The number of thioether (sulfide) groups is 1. The van der Waals surface area contributed by atoms with Gasteiger partial charge in [-0.2, -0.15) is 11.8 Å². The van der Waals surface area contributed by atoms with E-state index in [0.717, 1.165) is 18.2 Å². The van der Waals surface area contributed by atoms with Gasteiger partial charge in [0.2, 0.25) is 11.8 Å². The number of carboxylic acid groups (broad SMARTS) is 1. The summed E-state index contributed by atoms with van der Waals surface area (Å²) < 4.78 is 10.4. The van der Waals surface area contributed by atoms with Gasteiger partial charge in [0.25, 0.3) is 0 Å². The molecule has 3 N–H and O–H groups in total. The quantitative estimate of drug-likeness (QED) is 0.507. The molecule has 31 heavy (non-hydrogen) atoms. The second-order valence-corrected chi connectivity index (χ2v) is 9.07. The van der Waals surface area contributed by atoms with Crippen LogP contribution in [-0.2, 0) is 16.0 Å². The van der Waals surface area contributed by atoms with Crippen molar-refractivity contribution in [2.24, 2.45) is 0 Å². The summed E-state index contributed by atoms with van der Waals surface area (Å²) in [4.78, 5) is 39.7. The van der Waals surface area contributed by atoms with Gasteiger partial charge in [0.05, 0.1) is 18.6 Å². The standard InChI is InChI=1S/C19H26BN2O8S/c1-21(2)18(24)12-5-4-8-22(12)15(23)10-31-14-9-11-6-7-13(29-3)16(19(25)26)17(11)30-20(14,27)28/h6-7,12,14,27-28H,4-5,8-10H2,1-3H3,(H,25,26)/q-1/t12?,14-/m0/s1. The maximum atomic E-state index is 12.8. The molecule has 1 aromatic carbocycles. The summed E-state index contributed by atoms with van der Waals surface area (Å²) in [5, 5.41) is 29.6. The number of methoxy groups -OCH3 is 1. The predicted octanol–water partition coefficient (Wildman–Crippen LogP) is -0.0280. The SMILES string of the molecule is COc1ccc2c(c1C(=O)O)O[B-](O)(O)[C@@H](SCC(=O)N1CCCC1C(=O)N(C)C)C2. The third-order valence-corrected chi connectivity index (χ3v) is 6.91. The van der Waals surface area contributed by atoms with E-state index in [1.54, 1.807) is 20.2 Å². The fraction of sp³-hybridized carbons (Fsp3) is 0.526. The lowest BCUT2D eigenvalue weighted by atomic mass is 9.69. The topological polar surface area (TPSA) is 137 Å². The molecule has 0 saturated carbocycles. The number of rotatable bonds is 6. The summed E-state index contributed by atoms with van der Waals surface area (Å²) in [6, 6.07) is 2.58. The molecule has 1 saturated heterocycles. The van der Waals surface area contributed by atoms with Crippen molar-refractivity contribution in [3.05, 3.63) is 23.3 Å². The minimum Gasteiger partial charge on any atom is -0.669 e. The van der Waals surface area contributed by atoms with Gasteiger partial charge in [0, 0.05) is 20.6 Å². The molecule has 10 nitrogen and oxygen atoms in total. The van der Waals surface area contributed by atoms with Gasteiger partial charge in [0.15, 0.2) is 0 Å². The highest BCUT2D eigenvalue weighted by Crippen LogP contribution is 2.40. The molecule has 3 rings (SSSR count). The van der Waals surface area contributed by atoms with Crippen molar-refractivity contribution in [1.82, 2.24) is 9.80 Å². The van der Waals surface area contributed by atoms with Crippen molar-refractivity contribution in [2.75, 3.05) is 33.5 Å². The van der Waals surface area contributed by atoms with E-state index in [2.05, 4.69) is 0 Å². The van der Waals surface area contributed by atoms with Gasteiger partial charge in [-0.1, -0.05) is 6.07 Å². The van der Waals surface area contributed by atoms with E-state index >= 15 is 0 Å². The lowest BCUT2D eigenvalue weighted by Gasteiger charge is -2.43. The van der Waals surface area contributed by atoms with E-state index in [1.165, 1.54) is 23.0 Å². The average molecular weight is 453 g/mol. The molecule has 2 atom stereocenters. The molecule has 2 amide bonds. The molecule has 1 fully saturated rings. The Morgan fingerprint density at radius 1 is 1.32 bits per heavy atom. The molecule has 1 aromatic rings. The van der Waals surface area contributed by atoms with Gasteiger partial charge < -0.3 is 34.3 Å². The fourth-order valence-electron chi connectivity index (χ4n) is 3.96. The number of likely N-dealkylation sites (tertiary alicyclic amines) is 1. The van der Waals surface area contributed by atoms with E-state index < -0.39 is 23.9 Å². The van der Waals surface area contributed by atoms with Crippen molar-refractivity contribution in [1.29, 1.82) is 0 Å². The van der Waals surface area contributed by atoms with Gasteiger partial charge in [-0.05, 0) is 36.0 Å². The van der Waals surface area contributed by atoms with Gasteiger partial charge >= 0.3 is 12.7 Å². The van der Waals surface area contributed by atoms with Gasteiger partial charge in [-0.25, -0.2) is 4.79 Å². The molecular weight excluding hydrogens is 427 g/mol. The molecule has 170 valence electrons. The largest absolute Gasteiger partial charge is 0.669 e. The number of nitrogens with zero attached hydrogens (tertiary/aromatic N) is 2. The number of fused-ring (bicyclic) bond motifs is 1. The van der Waals surface area contributed by atoms with Crippen LogP contribution in [0.25, 0.3) is 0 Å².